The fourth-order valence-corrected chi connectivity index (χ4v) is 5.56. The summed E-state index contributed by atoms with van der Waals surface area (Å²) in [6.45, 7) is 6.41. The molecule has 1 saturated carbocycles. The van der Waals surface area contributed by atoms with E-state index in [1.165, 1.54) is 12.5 Å². The van der Waals surface area contributed by atoms with Gasteiger partial charge in [0, 0.05) is 23.7 Å². The van der Waals surface area contributed by atoms with Gasteiger partial charge in [-0.1, -0.05) is 18.6 Å². The summed E-state index contributed by atoms with van der Waals surface area (Å²) in [4.78, 5) is 23.3. The summed E-state index contributed by atoms with van der Waals surface area (Å²) in [6.07, 6.45) is 3.78. The molecule has 1 N–H and O–H groups in total. The zero-order valence-electron chi connectivity index (χ0n) is 15.7. The number of ketones is 1. The number of Topliss-reactive ketones (excluding diaryl/α,β-unsaturated/α-hetero) is 1. The van der Waals surface area contributed by atoms with Crippen LogP contribution in [-0.2, 0) is 23.8 Å². The Bertz CT molecular complexity index is 665. The monoisotopic (exact) mass is 364 g/mol. The summed E-state index contributed by atoms with van der Waals surface area (Å²) in [5.41, 5.74) is -0.237. The predicted molar refractivity (Wildman–Crippen MR) is 92.4 cm³/mol. The summed E-state index contributed by atoms with van der Waals surface area (Å²) in [5.74, 6) is -0.398. The van der Waals surface area contributed by atoms with Crippen LogP contribution in [-0.4, -0.2) is 54.0 Å². The summed E-state index contributed by atoms with van der Waals surface area (Å²) in [6, 6.07) is 0. The first-order chi connectivity index (χ1) is 12.2. The van der Waals surface area contributed by atoms with Crippen molar-refractivity contribution < 1.29 is 28.9 Å². The van der Waals surface area contributed by atoms with Gasteiger partial charge in [0.25, 0.3) is 0 Å². The van der Waals surface area contributed by atoms with Crippen LogP contribution < -0.4 is 0 Å². The highest BCUT2D eigenvalue weighted by molar-refractivity contribution is 5.81. The molecule has 2 aliphatic carbocycles. The van der Waals surface area contributed by atoms with Crippen LogP contribution in [0.4, 0.5) is 0 Å². The van der Waals surface area contributed by atoms with E-state index in [2.05, 4.69) is 19.9 Å². The van der Waals surface area contributed by atoms with E-state index in [0.717, 1.165) is 12.8 Å². The van der Waals surface area contributed by atoms with E-state index in [0.29, 0.717) is 13.0 Å². The molecule has 2 bridgehead atoms. The lowest BCUT2D eigenvalue weighted by atomic mass is 9.51. The zero-order valence-corrected chi connectivity index (χ0v) is 15.7. The van der Waals surface area contributed by atoms with Crippen LogP contribution in [0.3, 0.4) is 0 Å². The summed E-state index contributed by atoms with van der Waals surface area (Å²) < 4.78 is 17.9. The molecule has 2 heterocycles. The lowest BCUT2D eigenvalue weighted by Crippen LogP contribution is -2.66. The first-order valence-corrected chi connectivity index (χ1v) is 9.55. The van der Waals surface area contributed by atoms with Gasteiger partial charge in [-0.25, -0.2) is 0 Å². The van der Waals surface area contributed by atoms with Crippen LogP contribution in [0.1, 0.15) is 52.9 Å². The molecule has 2 aliphatic heterocycles. The van der Waals surface area contributed by atoms with Crippen molar-refractivity contribution in [2.45, 2.75) is 76.8 Å². The minimum atomic E-state index is -0.553. The van der Waals surface area contributed by atoms with Gasteiger partial charge in [0.1, 0.15) is 18.0 Å². The molecule has 2 saturated heterocycles. The van der Waals surface area contributed by atoms with Crippen molar-refractivity contribution in [1.29, 1.82) is 0 Å². The van der Waals surface area contributed by atoms with E-state index in [-0.39, 0.29) is 43.4 Å². The first kappa shape index (κ1) is 18.1. The Kier molecular flexibility index (Phi) is 4.10. The highest BCUT2D eigenvalue weighted by Gasteiger charge is 2.81. The Balaban J connectivity index is 1.63. The molecule has 4 rings (SSSR count). The van der Waals surface area contributed by atoms with Crippen molar-refractivity contribution >= 4 is 11.8 Å². The lowest BCUT2D eigenvalue weighted by Gasteiger charge is -2.58. The van der Waals surface area contributed by atoms with Crippen molar-refractivity contribution in [2.75, 3.05) is 13.2 Å². The van der Waals surface area contributed by atoms with Gasteiger partial charge >= 0.3 is 5.97 Å². The summed E-state index contributed by atoms with van der Waals surface area (Å²) >= 11 is 0. The molecule has 26 heavy (non-hydrogen) atoms. The Morgan fingerprint density at radius 2 is 2.12 bits per heavy atom. The van der Waals surface area contributed by atoms with E-state index in [9.17, 15) is 14.7 Å². The molecule has 0 aromatic rings. The average Bonchev–Trinajstić information content (AvgIpc) is 3.36. The van der Waals surface area contributed by atoms with Crippen molar-refractivity contribution in [3.05, 3.63) is 11.6 Å². The number of hydrogen-bond acceptors (Lipinski definition) is 6. The molecular weight excluding hydrogens is 336 g/mol. The van der Waals surface area contributed by atoms with Crippen LogP contribution in [0.5, 0.6) is 0 Å². The first-order valence-electron chi connectivity index (χ1n) is 9.55. The molecule has 1 unspecified atom stereocenters. The van der Waals surface area contributed by atoms with E-state index in [4.69, 9.17) is 14.2 Å². The molecule has 6 atom stereocenters. The minimum Gasteiger partial charge on any atom is -0.465 e. The number of carbonyl (C=O) groups excluding carboxylic acids is 2. The van der Waals surface area contributed by atoms with Gasteiger partial charge in [-0.05, 0) is 26.7 Å². The fourth-order valence-electron chi connectivity index (χ4n) is 5.56. The number of hydrogen-bond donors (Lipinski definition) is 1. The van der Waals surface area contributed by atoms with Crippen LogP contribution in [0, 0.1) is 10.8 Å². The van der Waals surface area contributed by atoms with Crippen molar-refractivity contribution in [1.82, 2.24) is 0 Å². The van der Waals surface area contributed by atoms with E-state index < -0.39 is 22.5 Å². The molecule has 3 fully saturated rings. The van der Waals surface area contributed by atoms with E-state index in [1.54, 1.807) is 0 Å². The lowest BCUT2D eigenvalue weighted by molar-refractivity contribution is -0.230. The quantitative estimate of drug-likeness (QED) is 0.456. The number of carbonyl (C=O) groups is 2. The van der Waals surface area contributed by atoms with Gasteiger partial charge in [0.15, 0.2) is 0 Å². The summed E-state index contributed by atoms with van der Waals surface area (Å²) in [5, 5.41) is 11.0. The molecule has 6 nitrogen and oxygen atoms in total. The molecule has 0 radical (unpaired) electrons. The number of esters is 1. The molecule has 1 spiro atoms. The number of aliphatic hydroxyl groups excluding tert-OH is 1. The third-order valence-corrected chi connectivity index (χ3v) is 7.42. The van der Waals surface area contributed by atoms with Crippen LogP contribution in [0.2, 0.25) is 0 Å². The molecule has 0 amide bonds. The Labute approximate surface area is 153 Å². The van der Waals surface area contributed by atoms with Crippen molar-refractivity contribution in [2.24, 2.45) is 10.8 Å². The second-order valence-corrected chi connectivity index (χ2v) is 8.71. The van der Waals surface area contributed by atoms with Gasteiger partial charge in [-0.15, -0.1) is 0 Å². The topological polar surface area (TPSA) is 85.4 Å². The van der Waals surface area contributed by atoms with Gasteiger partial charge in [0.05, 0.1) is 31.3 Å². The van der Waals surface area contributed by atoms with Crippen molar-refractivity contribution in [3.8, 4) is 0 Å². The fraction of sp³-hybridized carbons (Fsp3) is 0.800. The van der Waals surface area contributed by atoms with Gasteiger partial charge < -0.3 is 24.1 Å². The van der Waals surface area contributed by atoms with Gasteiger partial charge in [-0.3, -0.25) is 4.79 Å². The molecule has 4 aliphatic rings. The number of epoxide rings is 1. The third kappa shape index (κ3) is 2.28. The van der Waals surface area contributed by atoms with Gasteiger partial charge in [-0.2, -0.15) is 0 Å². The molecule has 6 heteroatoms. The molecule has 0 aromatic carbocycles. The highest BCUT2D eigenvalue weighted by atomic mass is 16.6. The second-order valence-electron chi connectivity index (χ2n) is 8.71. The third-order valence-electron chi connectivity index (χ3n) is 7.42. The van der Waals surface area contributed by atoms with Crippen LogP contribution in [0.25, 0.3) is 0 Å². The second kappa shape index (κ2) is 5.88. The smallest absolute Gasteiger partial charge is 0.306 e. The maximum atomic E-state index is 12.2. The largest absolute Gasteiger partial charge is 0.465 e. The normalized spacial score (nSPS) is 45.8. The maximum Gasteiger partial charge on any atom is 0.306 e. The number of allylic oxidation sites excluding steroid dienone is 1. The number of rotatable bonds is 5. The van der Waals surface area contributed by atoms with Crippen LogP contribution >= 0.6 is 0 Å². The number of fused-ring (bicyclic) bond motifs is 2. The Morgan fingerprint density at radius 3 is 2.77 bits per heavy atom. The summed E-state index contributed by atoms with van der Waals surface area (Å²) in [7, 11) is 0. The number of ether oxygens (including phenoxy) is 3. The van der Waals surface area contributed by atoms with Crippen LogP contribution in [0.15, 0.2) is 11.6 Å². The predicted octanol–water partition coefficient (Wildman–Crippen LogP) is 1.93. The minimum absolute atomic E-state index is 0.0263. The van der Waals surface area contributed by atoms with Gasteiger partial charge in [0.2, 0.25) is 0 Å². The molecule has 0 aromatic heterocycles. The molecule has 144 valence electrons. The van der Waals surface area contributed by atoms with E-state index in [1.807, 2.05) is 0 Å². The Hall–Kier alpha value is -1.24. The zero-order chi connectivity index (χ0) is 18.7. The SMILES string of the molecule is CC(=O)CCC(=O)OC[C@]12CCC(C)=C[C@H]1O[C@@H]1C[C@@H](O)[C@@]2(C)C12CO2. The number of aliphatic hydroxyl groups is 1. The average molecular weight is 364 g/mol. The Morgan fingerprint density at radius 1 is 1.38 bits per heavy atom. The maximum absolute atomic E-state index is 12.2. The van der Waals surface area contributed by atoms with Crippen molar-refractivity contribution in [3.63, 3.8) is 0 Å². The van der Waals surface area contributed by atoms with E-state index >= 15 is 0 Å². The molecular formula is C20H28O6. The highest BCUT2D eigenvalue weighted by Crippen LogP contribution is 2.71. The standard InChI is InChI=1S/C20H28O6/c1-12-6-7-19(10-24-17(23)5-4-13(2)21)15(8-12)26-16-9-14(22)18(19,3)20(16)11-25-20/h8,14-16,22H,4-7,9-11H2,1-3H3/t14-,15-,16-,18-,19-,20?/m1/s1.